The molecule has 8 heteroatoms. The van der Waals surface area contributed by atoms with E-state index in [1.54, 1.807) is 6.20 Å². The largest absolute Gasteiger partial charge is 0.379 e. The van der Waals surface area contributed by atoms with E-state index in [0.717, 1.165) is 33.5 Å². The number of hydrogen-bond donors (Lipinski definition) is 2. The number of pyridine rings is 2. The molecule has 1 aromatic carbocycles. The fourth-order valence-electron chi connectivity index (χ4n) is 4.46. The fraction of sp³-hybridized carbons (Fsp3) is 0.269. The number of nitrogens with zero attached hydrogens (tertiary/aromatic N) is 3. The summed E-state index contributed by atoms with van der Waals surface area (Å²) in [6, 6.07) is 13.7. The van der Waals surface area contributed by atoms with Crippen molar-refractivity contribution in [3.8, 4) is 0 Å². The van der Waals surface area contributed by atoms with Crippen LogP contribution >= 0.6 is 27.5 Å². The Morgan fingerprint density at radius 1 is 1.15 bits per heavy atom. The van der Waals surface area contributed by atoms with Crippen molar-refractivity contribution >= 4 is 50.6 Å². The van der Waals surface area contributed by atoms with E-state index in [1.807, 2.05) is 36.4 Å². The van der Waals surface area contributed by atoms with E-state index >= 15 is 0 Å². The normalized spacial score (nSPS) is 19.2. The summed E-state index contributed by atoms with van der Waals surface area (Å²) in [7, 11) is 0. The second-order valence-corrected chi connectivity index (χ2v) is 10.4. The third-order valence-electron chi connectivity index (χ3n) is 6.51. The number of hydrogen-bond acceptors (Lipinski definition) is 4. The Kier molecular flexibility index (Phi) is 5.54. The van der Waals surface area contributed by atoms with Gasteiger partial charge in [0.25, 0.3) is 0 Å². The number of nitrogens with one attached hydrogen (secondary N) is 2. The summed E-state index contributed by atoms with van der Waals surface area (Å²) in [5.74, 6) is 1.39. The SMILES string of the molecule is O=C(Nc1cc(NCc2cn3cc(C4CC4)cc(Br)c3n2)ccn1)[C@H]1CC1c1cccc(Cl)c1. The molecule has 2 aliphatic rings. The van der Waals surface area contributed by atoms with E-state index in [-0.39, 0.29) is 17.7 Å². The minimum absolute atomic E-state index is 0.00806. The third-order valence-corrected chi connectivity index (χ3v) is 7.33. The molecule has 6 nitrogen and oxygen atoms in total. The Bertz CT molecular complexity index is 1400. The Morgan fingerprint density at radius 2 is 2.03 bits per heavy atom. The minimum atomic E-state index is -0.0474. The maximum Gasteiger partial charge on any atom is 0.229 e. The quantitative estimate of drug-likeness (QED) is 0.288. The number of imidazole rings is 1. The molecule has 1 unspecified atom stereocenters. The lowest BCUT2D eigenvalue weighted by Crippen LogP contribution is -2.15. The molecule has 172 valence electrons. The molecule has 0 radical (unpaired) electrons. The van der Waals surface area contributed by atoms with Crippen LogP contribution in [0.5, 0.6) is 0 Å². The van der Waals surface area contributed by atoms with Crippen molar-refractivity contribution in [1.82, 2.24) is 14.4 Å². The standard InChI is InChI=1S/C26H23BrClN5O/c27-23-9-17(15-4-5-15)13-33-14-20(31-25(23)33)12-30-19-6-7-29-24(10-19)32-26(34)22-11-21(22)16-2-1-3-18(28)8-16/h1-3,6-10,13-15,21-22H,4-5,11-12H2,(H2,29,30,32,34)/t21?,22-/m0/s1. The number of carbonyl (C=O) groups excluding carboxylic acids is 1. The molecule has 0 spiro atoms. The van der Waals surface area contributed by atoms with Crippen LogP contribution in [-0.4, -0.2) is 20.3 Å². The average Bonchev–Trinajstić information content (AvgIpc) is 3.74. The van der Waals surface area contributed by atoms with Crippen LogP contribution in [0, 0.1) is 5.92 Å². The maximum atomic E-state index is 12.7. The number of halogens is 2. The number of fused-ring (bicyclic) bond motifs is 1. The van der Waals surface area contributed by atoms with Crippen molar-refractivity contribution in [3.05, 3.63) is 87.4 Å². The molecular formula is C26H23BrClN5O. The van der Waals surface area contributed by atoms with Gasteiger partial charge in [-0.1, -0.05) is 23.7 Å². The van der Waals surface area contributed by atoms with Crippen molar-refractivity contribution in [2.75, 3.05) is 10.6 Å². The summed E-state index contributed by atoms with van der Waals surface area (Å²) in [4.78, 5) is 21.8. The molecule has 34 heavy (non-hydrogen) atoms. The zero-order valence-electron chi connectivity index (χ0n) is 18.3. The van der Waals surface area contributed by atoms with E-state index in [1.165, 1.54) is 18.4 Å². The van der Waals surface area contributed by atoms with Gasteiger partial charge in [0.1, 0.15) is 5.82 Å². The van der Waals surface area contributed by atoms with Gasteiger partial charge >= 0.3 is 0 Å². The van der Waals surface area contributed by atoms with Crippen LogP contribution in [0.4, 0.5) is 11.5 Å². The molecule has 2 atom stereocenters. The lowest BCUT2D eigenvalue weighted by atomic mass is 10.1. The number of rotatable bonds is 7. The first-order chi connectivity index (χ1) is 16.5. The smallest absolute Gasteiger partial charge is 0.229 e. The Hall–Kier alpha value is -2.90. The average molecular weight is 537 g/mol. The van der Waals surface area contributed by atoms with Gasteiger partial charge in [-0.3, -0.25) is 4.79 Å². The second-order valence-electron chi connectivity index (χ2n) is 9.14. The third kappa shape index (κ3) is 4.55. The fourth-order valence-corrected chi connectivity index (χ4v) is 5.22. The van der Waals surface area contributed by atoms with Gasteiger partial charge in [0, 0.05) is 41.3 Å². The highest BCUT2D eigenvalue weighted by Gasteiger charge is 2.44. The Morgan fingerprint density at radius 3 is 2.85 bits per heavy atom. The number of carbonyl (C=O) groups is 1. The van der Waals surface area contributed by atoms with Crippen LogP contribution in [-0.2, 0) is 11.3 Å². The summed E-state index contributed by atoms with van der Waals surface area (Å²) in [5.41, 5.74) is 5.21. The van der Waals surface area contributed by atoms with Crippen LogP contribution in [0.1, 0.15) is 47.9 Å². The van der Waals surface area contributed by atoms with Crippen LogP contribution in [0.3, 0.4) is 0 Å². The molecule has 1 amide bonds. The highest BCUT2D eigenvalue weighted by atomic mass is 79.9. The molecular weight excluding hydrogens is 514 g/mol. The Labute approximate surface area is 210 Å². The van der Waals surface area contributed by atoms with E-state index in [0.29, 0.717) is 23.3 Å². The van der Waals surface area contributed by atoms with Crippen molar-refractivity contribution in [2.45, 2.75) is 37.6 Å². The van der Waals surface area contributed by atoms with Gasteiger partial charge in [-0.25, -0.2) is 9.97 Å². The van der Waals surface area contributed by atoms with E-state index in [2.05, 4.69) is 54.4 Å². The summed E-state index contributed by atoms with van der Waals surface area (Å²) >= 11 is 9.76. The van der Waals surface area contributed by atoms with Gasteiger partial charge in [-0.05, 0) is 82.4 Å². The molecule has 0 saturated heterocycles. The molecule has 2 saturated carbocycles. The van der Waals surface area contributed by atoms with Gasteiger partial charge in [-0.2, -0.15) is 0 Å². The second kappa shape index (κ2) is 8.71. The molecule has 6 rings (SSSR count). The molecule has 2 N–H and O–H groups in total. The van der Waals surface area contributed by atoms with Crippen LogP contribution < -0.4 is 10.6 Å². The van der Waals surface area contributed by atoms with Crippen molar-refractivity contribution in [3.63, 3.8) is 0 Å². The number of amides is 1. The van der Waals surface area contributed by atoms with Crippen LogP contribution in [0.15, 0.2) is 65.5 Å². The van der Waals surface area contributed by atoms with E-state index in [4.69, 9.17) is 16.6 Å². The van der Waals surface area contributed by atoms with Crippen molar-refractivity contribution in [2.24, 2.45) is 5.92 Å². The van der Waals surface area contributed by atoms with Gasteiger partial charge in [-0.15, -0.1) is 0 Å². The van der Waals surface area contributed by atoms with Gasteiger partial charge < -0.3 is 15.0 Å². The van der Waals surface area contributed by atoms with Gasteiger partial charge in [0.15, 0.2) is 5.65 Å². The lowest BCUT2D eigenvalue weighted by Gasteiger charge is -2.08. The summed E-state index contributed by atoms with van der Waals surface area (Å²) in [6.45, 7) is 0.573. The van der Waals surface area contributed by atoms with Crippen molar-refractivity contribution < 1.29 is 4.79 Å². The minimum Gasteiger partial charge on any atom is -0.379 e. The lowest BCUT2D eigenvalue weighted by molar-refractivity contribution is -0.117. The molecule has 3 aromatic heterocycles. The highest BCUT2D eigenvalue weighted by Crippen LogP contribution is 2.48. The monoisotopic (exact) mass is 535 g/mol. The zero-order chi connectivity index (χ0) is 23.2. The van der Waals surface area contributed by atoms with Gasteiger partial charge in [0.05, 0.1) is 16.7 Å². The van der Waals surface area contributed by atoms with Crippen molar-refractivity contribution in [1.29, 1.82) is 0 Å². The molecule has 4 aromatic rings. The first kappa shape index (κ1) is 21.6. The first-order valence-electron chi connectivity index (χ1n) is 11.5. The molecule has 0 aliphatic heterocycles. The summed E-state index contributed by atoms with van der Waals surface area (Å²) in [5, 5.41) is 7.05. The topological polar surface area (TPSA) is 71.3 Å². The molecule has 2 fully saturated rings. The van der Waals surface area contributed by atoms with Crippen LogP contribution in [0.2, 0.25) is 5.02 Å². The predicted octanol–water partition coefficient (Wildman–Crippen LogP) is 6.38. The molecule has 3 heterocycles. The van der Waals surface area contributed by atoms with Crippen LogP contribution in [0.25, 0.3) is 5.65 Å². The number of benzene rings is 1. The van der Waals surface area contributed by atoms with Gasteiger partial charge in [0.2, 0.25) is 5.91 Å². The number of aromatic nitrogens is 3. The maximum absolute atomic E-state index is 12.7. The predicted molar refractivity (Wildman–Crippen MR) is 137 cm³/mol. The zero-order valence-corrected chi connectivity index (χ0v) is 20.7. The molecule has 0 bridgehead atoms. The highest BCUT2D eigenvalue weighted by molar-refractivity contribution is 9.10. The first-order valence-corrected chi connectivity index (χ1v) is 12.6. The van der Waals surface area contributed by atoms with E-state index in [9.17, 15) is 4.79 Å². The summed E-state index contributed by atoms with van der Waals surface area (Å²) in [6.07, 6.45) is 9.31. The van der Waals surface area contributed by atoms with E-state index < -0.39 is 0 Å². The molecule has 2 aliphatic carbocycles. The summed E-state index contributed by atoms with van der Waals surface area (Å²) < 4.78 is 3.12. The number of anilines is 2. The Balaban J connectivity index is 1.09.